The van der Waals surface area contributed by atoms with Gasteiger partial charge in [-0.25, -0.2) is 0 Å². The summed E-state index contributed by atoms with van der Waals surface area (Å²) in [7, 11) is 0. The Morgan fingerprint density at radius 3 is 3.00 bits per heavy atom. The van der Waals surface area contributed by atoms with E-state index in [1.807, 2.05) is 6.07 Å². The Hall–Kier alpha value is -1.07. The third kappa shape index (κ3) is 2.54. The lowest BCUT2D eigenvalue weighted by Crippen LogP contribution is -2.27. The molecule has 1 aliphatic heterocycles. The van der Waals surface area contributed by atoms with Crippen LogP contribution in [0.5, 0.6) is 0 Å². The van der Waals surface area contributed by atoms with Crippen LogP contribution in [0, 0.1) is 0 Å². The van der Waals surface area contributed by atoms with Crippen molar-refractivity contribution in [2.75, 3.05) is 17.7 Å². The van der Waals surface area contributed by atoms with Crippen LogP contribution in [0.2, 0.25) is 0 Å². The lowest BCUT2D eigenvalue weighted by Gasteiger charge is -2.12. The molecule has 0 saturated carbocycles. The van der Waals surface area contributed by atoms with Gasteiger partial charge in [-0.15, -0.1) is 0 Å². The van der Waals surface area contributed by atoms with E-state index in [9.17, 15) is 4.79 Å². The molecule has 1 unspecified atom stereocenters. The standard InChI is InChI=1S/C11H13BrN2O2/c12-7-3-4-9(8(13)6-7)14-11(15)10-2-1-5-16-10/h3-4,6,10H,1-2,5,13H2,(H,14,15). The monoisotopic (exact) mass is 284 g/mol. The fourth-order valence-corrected chi connectivity index (χ4v) is 2.02. The largest absolute Gasteiger partial charge is 0.397 e. The molecule has 0 aliphatic carbocycles. The number of benzene rings is 1. The van der Waals surface area contributed by atoms with Gasteiger partial charge in [0.15, 0.2) is 0 Å². The van der Waals surface area contributed by atoms with E-state index in [1.54, 1.807) is 12.1 Å². The third-order valence-corrected chi connectivity index (χ3v) is 2.99. The maximum Gasteiger partial charge on any atom is 0.253 e. The molecule has 86 valence electrons. The normalized spacial score (nSPS) is 19.7. The van der Waals surface area contributed by atoms with Crippen LogP contribution in [-0.4, -0.2) is 18.6 Å². The summed E-state index contributed by atoms with van der Waals surface area (Å²) in [6.07, 6.45) is 1.39. The minimum Gasteiger partial charge on any atom is -0.397 e. The van der Waals surface area contributed by atoms with Crippen molar-refractivity contribution in [3.05, 3.63) is 22.7 Å². The molecule has 1 fully saturated rings. The van der Waals surface area contributed by atoms with Crippen LogP contribution in [0.4, 0.5) is 11.4 Å². The number of amides is 1. The Bertz CT molecular complexity index is 403. The first kappa shape index (κ1) is 11.4. The molecule has 0 bridgehead atoms. The predicted octanol–water partition coefficient (Wildman–Crippen LogP) is 2.15. The van der Waals surface area contributed by atoms with Crippen LogP contribution >= 0.6 is 15.9 Å². The van der Waals surface area contributed by atoms with E-state index in [0.29, 0.717) is 18.0 Å². The molecule has 1 aliphatic rings. The van der Waals surface area contributed by atoms with E-state index in [-0.39, 0.29) is 12.0 Å². The van der Waals surface area contributed by atoms with Crippen LogP contribution in [0.15, 0.2) is 22.7 Å². The van der Waals surface area contributed by atoms with Gasteiger partial charge in [0.1, 0.15) is 6.10 Å². The van der Waals surface area contributed by atoms with Crippen molar-refractivity contribution < 1.29 is 9.53 Å². The first-order valence-corrected chi connectivity index (χ1v) is 5.93. The molecule has 1 saturated heterocycles. The highest BCUT2D eigenvalue weighted by Crippen LogP contribution is 2.24. The molecule has 1 aromatic carbocycles. The second-order valence-electron chi connectivity index (χ2n) is 3.72. The molecule has 1 heterocycles. The van der Waals surface area contributed by atoms with E-state index >= 15 is 0 Å². The number of anilines is 2. The summed E-state index contributed by atoms with van der Waals surface area (Å²) in [6.45, 7) is 0.661. The summed E-state index contributed by atoms with van der Waals surface area (Å²) < 4.78 is 6.18. The highest BCUT2D eigenvalue weighted by molar-refractivity contribution is 9.10. The van der Waals surface area contributed by atoms with Crippen LogP contribution in [0.3, 0.4) is 0 Å². The summed E-state index contributed by atoms with van der Waals surface area (Å²) >= 11 is 3.31. The number of carbonyl (C=O) groups is 1. The van der Waals surface area contributed by atoms with Crippen LogP contribution in [0.25, 0.3) is 0 Å². The van der Waals surface area contributed by atoms with Crippen molar-refractivity contribution in [1.29, 1.82) is 0 Å². The van der Waals surface area contributed by atoms with E-state index in [0.717, 1.165) is 17.3 Å². The molecule has 3 N–H and O–H groups in total. The first-order chi connectivity index (χ1) is 7.66. The van der Waals surface area contributed by atoms with Gasteiger partial charge < -0.3 is 15.8 Å². The van der Waals surface area contributed by atoms with Crippen molar-refractivity contribution in [3.8, 4) is 0 Å². The van der Waals surface area contributed by atoms with Gasteiger partial charge in [-0.05, 0) is 31.0 Å². The van der Waals surface area contributed by atoms with Crippen molar-refractivity contribution >= 4 is 33.2 Å². The molecule has 1 aromatic rings. The fourth-order valence-electron chi connectivity index (χ4n) is 1.65. The summed E-state index contributed by atoms with van der Waals surface area (Å²) in [5.41, 5.74) is 6.95. The number of carbonyl (C=O) groups excluding carboxylic acids is 1. The summed E-state index contributed by atoms with van der Waals surface area (Å²) in [5, 5.41) is 2.77. The van der Waals surface area contributed by atoms with Crippen LogP contribution in [0.1, 0.15) is 12.8 Å². The van der Waals surface area contributed by atoms with Crippen molar-refractivity contribution in [1.82, 2.24) is 0 Å². The molecule has 2 rings (SSSR count). The lowest BCUT2D eigenvalue weighted by atomic mass is 10.2. The maximum atomic E-state index is 11.7. The maximum absolute atomic E-state index is 11.7. The summed E-state index contributed by atoms with van der Waals surface area (Å²) in [4.78, 5) is 11.7. The van der Waals surface area contributed by atoms with Gasteiger partial charge in [0, 0.05) is 11.1 Å². The minimum absolute atomic E-state index is 0.119. The molecule has 0 radical (unpaired) electrons. The van der Waals surface area contributed by atoms with E-state index in [2.05, 4.69) is 21.2 Å². The zero-order chi connectivity index (χ0) is 11.5. The zero-order valence-electron chi connectivity index (χ0n) is 8.70. The number of halogens is 1. The fraction of sp³-hybridized carbons (Fsp3) is 0.364. The van der Waals surface area contributed by atoms with Gasteiger partial charge in [-0.2, -0.15) is 0 Å². The Balaban J connectivity index is 2.05. The van der Waals surface area contributed by atoms with E-state index in [4.69, 9.17) is 10.5 Å². The molecule has 4 nitrogen and oxygen atoms in total. The number of rotatable bonds is 2. The van der Waals surface area contributed by atoms with Gasteiger partial charge in [-0.3, -0.25) is 4.79 Å². The number of ether oxygens (including phenoxy) is 1. The second-order valence-corrected chi connectivity index (χ2v) is 4.64. The SMILES string of the molecule is Nc1cc(Br)ccc1NC(=O)C1CCCO1. The Morgan fingerprint density at radius 1 is 1.56 bits per heavy atom. The molecule has 1 atom stereocenters. The molecule has 0 spiro atoms. The molecular formula is C11H13BrN2O2. The third-order valence-electron chi connectivity index (χ3n) is 2.49. The molecule has 0 aromatic heterocycles. The van der Waals surface area contributed by atoms with Gasteiger partial charge in [-0.1, -0.05) is 15.9 Å². The lowest BCUT2D eigenvalue weighted by molar-refractivity contribution is -0.124. The molecule has 5 heteroatoms. The van der Waals surface area contributed by atoms with Crippen LogP contribution in [-0.2, 0) is 9.53 Å². The summed E-state index contributed by atoms with van der Waals surface area (Å²) in [6, 6.07) is 5.36. The van der Waals surface area contributed by atoms with Crippen molar-refractivity contribution in [2.24, 2.45) is 0 Å². The topological polar surface area (TPSA) is 64.3 Å². The highest BCUT2D eigenvalue weighted by atomic mass is 79.9. The minimum atomic E-state index is -0.331. The van der Waals surface area contributed by atoms with E-state index in [1.165, 1.54) is 0 Å². The Kier molecular flexibility index (Phi) is 3.46. The smallest absolute Gasteiger partial charge is 0.253 e. The number of hydrogen-bond acceptors (Lipinski definition) is 3. The first-order valence-electron chi connectivity index (χ1n) is 5.14. The summed E-state index contributed by atoms with van der Waals surface area (Å²) in [5.74, 6) is -0.119. The second kappa shape index (κ2) is 4.84. The number of nitrogen functional groups attached to an aromatic ring is 1. The number of hydrogen-bond donors (Lipinski definition) is 2. The van der Waals surface area contributed by atoms with Gasteiger partial charge in [0.25, 0.3) is 5.91 Å². The number of nitrogens with one attached hydrogen (secondary N) is 1. The zero-order valence-corrected chi connectivity index (χ0v) is 10.3. The van der Waals surface area contributed by atoms with Crippen molar-refractivity contribution in [3.63, 3.8) is 0 Å². The average molecular weight is 285 g/mol. The van der Waals surface area contributed by atoms with Crippen LogP contribution < -0.4 is 11.1 Å². The van der Waals surface area contributed by atoms with E-state index < -0.39 is 0 Å². The highest BCUT2D eigenvalue weighted by Gasteiger charge is 2.23. The van der Waals surface area contributed by atoms with Gasteiger partial charge >= 0.3 is 0 Å². The number of nitrogens with two attached hydrogens (primary N) is 1. The van der Waals surface area contributed by atoms with Gasteiger partial charge in [0.05, 0.1) is 11.4 Å². The quantitative estimate of drug-likeness (QED) is 0.818. The predicted molar refractivity (Wildman–Crippen MR) is 66.2 cm³/mol. The Labute approximate surface area is 102 Å². The molecule has 16 heavy (non-hydrogen) atoms. The molecule has 1 amide bonds. The van der Waals surface area contributed by atoms with Crippen molar-refractivity contribution in [2.45, 2.75) is 18.9 Å². The average Bonchev–Trinajstić information content (AvgIpc) is 2.75. The Morgan fingerprint density at radius 2 is 2.38 bits per heavy atom. The molecular weight excluding hydrogens is 272 g/mol. The van der Waals surface area contributed by atoms with Gasteiger partial charge in [0.2, 0.25) is 0 Å².